The fourth-order valence-electron chi connectivity index (χ4n) is 1.66. The van der Waals surface area contributed by atoms with E-state index < -0.39 is 6.10 Å². The number of aliphatic hydroxyl groups is 1. The van der Waals surface area contributed by atoms with Gasteiger partial charge in [0.25, 0.3) is 0 Å². The molecule has 0 bridgehead atoms. The van der Waals surface area contributed by atoms with Gasteiger partial charge in [-0.1, -0.05) is 29.8 Å². The molecule has 2 N–H and O–H groups in total. The molecule has 0 aliphatic heterocycles. The lowest BCUT2D eigenvalue weighted by Gasteiger charge is -2.21. The van der Waals surface area contributed by atoms with E-state index in [-0.39, 0.29) is 12.6 Å². The Balaban J connectivity index is 2.54. The van der Waals surface area contributed by atoms with Crippen molar-refractivity contribution in [1.29, 1.82) is 0 Å². The summed E-state index contributed by atoms with van der Waals surface area (Å²) < 4.78 is 0. The highest BCUT2D eigenvalue weighted by Crippen LogP contribution is 2.21. The molecule has 0 saturated carbocycles. The van der Waals surface area contributed by atoms with Crippen molar-refractivity contribution in [2.24, 2.45) is 0 Å². The zero-order valence-corrected chi connectivity index (χ0v) is 11.4. The van der Waals surface area contributed by atoms with E-state index in [2.05, 4.69) is 5.32 Å². The average molecular weight is 271 g/mol. The van der Waals surface area contributed by atoms with Crippen LogP contribution in [0, 0.1) is 0 Å². The number of nitrogens with zero attached hydrogens (tertiary/aromatic N) is 1. The molecule has 1 atom stereocenters. The van der Waals surface area contributed by atoms with Crippen LogP contribution in [0.2, 0.25) is 5.02 Å². The van der Waals surface area contributed by atoms with Crippen LogP contribution in [0.25, 0.3) is 0 Å². The Morgan fingerprint density at radius 1 is 1.39 bits per heavy atom. The summed E-state index contributed by atoms with van der Waals surface area (Å²) >= 11 is 5.97. The third-order valence-electron chi connectivity index (χ3n) is 2.76. The first-order valence-electron chi connectivity index (χ1n) is 6.05. The number of aliphatic hydroxyl groups excluding tert-OH is 1. The first-order valence-corrected chi connectivity index (χ1v) is 6.43. The summed E-state index contributed by atoms with van der Waals surface area (Å²) in [6, 6.07) is 6.89. The average Bonchev–Trinajstić information content (AvgIpc) is 2.38. The molecule has 0 heterocycles. The Kier molecular flexibility index (Phi) is 5.95. The highest BCUT2D eigenvalue weighted by Gasteiger charge is 2.14. The van der Waals surface area contributed by atoms with E-state index in [1.165, 1.54) is 0 Å². The Morgan fingerprint density at radius 3 is 2.56 bits per heavy atom. The van der Waals surface area contributed by atoms with E-state index >= 15 is 0 Å². The molecule has 2 amide bonds. The SMILES string of the molecule is CCN(CC)C(=O)NCC(O)c1ccccc1Cl. The lowest BCUT2D eigenvalue weighted by atomic mass is 10.1. The number of halogens is 1. The Hall–Kier alpha value is -1.26. The van der Waals surface area contributed by atoms with Crippen molar-refractivity contribution in [3.05, 3.63) is 34.9 Å². The zero-order valence-electron chi connectivity index (χ0n) is 10.7. The van der Waals surface area contributed by atoms with Crippen LogP contribution in [0.4, 0.5) is 4.79 Å². The minimum absolute atomic E-state index is 0.152. The maximum atomic E-state index is 11.7. The third kappa shape index (κ3) is 3.89. The maximum Gasteiger partial charge on any atom is 0.317 e. The standard InChI is InChI=1S/C13H19ClN2O2/c1-3-16(4-2)13(18)15-9-12(17)10-7-5-6-8-11(10)14/h5-8,12,17H,3-4,9H2,1-2H3,(H,15,18). The molecule has 5 heteroatoms. The van der Waals surface area contributed by atoms with Crippen LogP contribution in [-0.2, 0) is 0 Å². The molecule has 1 rings (SSSR count). The van der Waals surface area contributed by atoms with E-state index in [1.54, 1.807) is 29.2 Å². The van der Waals surface area contributed by atoms with Gasteiger partial charge in [-0.3, -0.25) is 0 Å². The second-order valence-corrected chi connectivity index (χ2v) is 4.30. The number of carbonyl (C=O) groups is 1. The molecule has 18 heavy (non-hydrogen) atoms. The first kappa shape index (κ1) is 14.8. The van der Waals surface area contributed by atoms with Crippen molar-refractivity contribution in [2.45, 2.75) is 20.0 Å². The van der Waals surface area contributed by atoms with Gasteiger partial charge in [-0.2, -0.15) is 0 Å². The van der Waals surface area contributed by atoms with E-state index in [1.807, 2.05) is 13.8 Å². The van der Waals surface area contributed by atoms with Crippen LogP contribution < -0.4 is 5.32 Å². The minimum atomic E-state index is -0.793. The molecule has 0 saturated heterocycles. The molecule has 4 nitrogen and oxygen atoms in total. The lowest BCUT2D eigenvalue weighted by molar-refractivity contribution is 0.163. The third-order valence-corrected chi connectivity index (χ3v) is 3.11. The van der Waals surface area contributed by atoms with Crippen molar-refractivity contribution >= 4 is 17.6 Å². The quantitative estimate of drug-likeness (QED) is 0.863. The van der Waals surface area contributed by atoms with Crippen LogP contribution in [0.15, 0.2) is 24.3 Å². The van der Waals surface area contributed by atoms with E-state index in [4.69, 9.17) is 11.6 Å². The predicted octanol–water partition coefficient (Wildman–Crippen LogP) is 2.42. The molecule has 0 spiro atoms. The summed E-state index contributed by atoms with van der Waals surface area (Å²) in [5, 5.41) is 13.2. The van der Waals surface area contributed by atoms with Gasteiger partial charge in [-0.05, 0) is 19.9 Å². The fourth-order valence-corrected chi connectivity index (χ4v) is 1.92. The molecule has 0 fully saturated rings. The molecule has 100 valence electrons. The maximum absolute atomic E-state index is 11.7. The number of benzene rings is 1. The van der Waals surface area contributed by atoms with Crippen molar-refractivity contribution in [2.75, 3.05) is 19.6 Å². The highest BCUT2D eigenvalue weighted by molar-refractivity contribution is 6.31. The number of nitrogens with one attached hydrogen (secondary N) is 1. The Bertz CT molecular complexity index is 394. The van der Waals surface area contributed by atoms with Gasteiger partial charge in [0.15, 0.2) is 0 Å². The lowest BCUT2D eigenvalue weighted by Crippen LogP contribution is -2.41. The van der Waals surface area contributed by atoms with E-state index in [9.17, 15) is 9.90 Å². The second-order valence-electron chi connectivity index (χ2n) is 3.90. The second kappa shape index (κ2) is 7.24. The molecule has 1 aromatic carbocycles. The van der Waals surface area contributed by atoms with E-state index in [0.717, 1.165) is 0 Å². The molecule has 0 aliphatic carbocycles. The van der Waals surface area contributed by atoms with Crippen molar-refractivity contribution in [1.82, 2.24) is 10.2 Å². The van der Waals surface area contributed by atoms with Gasteiger partial charge in [0.1, 0.15) is 0 Å². The summed E-state index contributed by atoms with van der Waals surface area (Å²) in [5.41, 5.74) is 0.624. The monoisotopic (exact) mass is 270 g/mol. The van der Waals surface area contributed by atoms with Gasteiger partial charge in [-0.15, -0.1) is 0 Å². The fraction of sp³-hybridized carbons (Fsp3) is 0.462. The molecule has 1 aromatic rings. The molecule has 0 aromatic heterocycles. The number of amides is 2. The van der Waals surface area contributed by atoms with E-state index in [0.29, 0.717) is 23.7 Å². The van der Waals surface area contributed by atoms with Crippen LogP contribution >= 0.6 is 11.6 Å². The number of urea groups is 1. The van der Waals surface area contributed by atoms with Gasteiger partial charge in [0.05, 0.1) is 6.10 Å². The van der Waals surface area contributed by atoms with Crippen molar-refractivity contribution in [3.63, 3.8) is 0 Å². The molecule has 0 radical (unpaired) electrons. The molecule has 1 unspecified atom stereocenters. The number of carbonyl (C=O) groups excluding carboxylic acids is 1. The van der Waals surface area contributed by atoms with Gasteiger partial charge >= 0.3 is 6.03 Å². The van der Waals surface area contributed by atoms with Crippen LogP contribution in [0.3, 0.4) is 0 Å². The Morgan fingerprint density at radius 2 is 2.00 bits per heavy atom. The summed E-state index contributed by atoms with van der Waals surface area (Å²) in [6.07, 6.45) is -0.793. The minimum Gasteiger partial charge on any atom is -0.387 e. The predicted molar refractivity (Wildman–Crippen MR) is 72.7 cm³/mol. The van der Waals surface area contributed by atoms with Crippen LogP contribution in [0.1, 0.15) is 25.5 Å². The number of hydrogen-bond acceptors (Lipinski definition) is 2. The highest BCUT2D eigenvalue weighted by atomic mass is 35.5. The number of hydrogen-bond donors (Lipinski definition) is 2. The van der Waals surface area contributed by atoms with Gasteiger partial charge in [-0.25, -0.2) is 4.79 Å². The zero-order chi connectivity index (χ0) is 13.5. The normalized spacial score (nSPS) is 12.0. The molecule has 0 aliphatic rings. The topological polar surface area (TPSA) is 52.6 Å². The van der Waals surface area contributed by atoms with Gasteiger partial charge < -0.3 is 15.3 Å². The van der Waals surface area contributed by atoms with Gasteiger partial charge in [0.2, 0.25) is 0 Å². The summed E-state index contributed by atoms with van der Waals surface area (Å²) in [4.78, 5) is 13.3. The van der Waals surface area contributed by atoms with Crippen molar-refractivity contribution in [3.8, 4) is 0 Å². The molecular formula is C13H19ClN2O2. The van der Waals surface area contributed by atoms with Crippen LogP contribution in [-0.4, -0.2) is 35.7 Å². The van der Waals surface area contributed by atoms with Crippen molar-refractivity contribution < 1.29 is 9.90 Å². The summed E-state index contributed by atoms with van der Waals surface area (Å²) in [7, 11) is 0. The number of rotatable bonds is 5. The Labute approximate surface area is 113 Å². The first-order chi connectivity index (χ1) is 8.60. The van der Waals surface area contributed by atoms with Gasteiger partial charge in [0, 0.05) is 30.2 Å². The smallest absolute Gasteiger partial charge is 0.317 e. The largest absolute Gasteiger partial charge is 0.387 e. The summed E-state index contributed by atoms with van der Waals surface area (Å²) in [5.74, 6) is 0. The summed E-state index contributed by atoms with van der Waals surface area (Å²) in [6.45, 7) is 5.26. The van der Waals surface area contributed by atoms with Crippen LogP contribution in [0.5, 0.6) is 0 Å². The molecular weight excluding hydrogens is 252 g/mol.